The number of carboxylic acids is 1. The quantitative estimate of drug-likeness (QED) is 0.0459. The second-order valence-electron chi connectivity index (χ2n) is 18.0. The van der Waals surface area contributed by atoms with Gasteiger partial charge in [0.2, 0.25) is 41.4 Å². The molecule has 408 valence electrons. The van der Waals surface area contributed by atoms with E-state index in [1.165, 1.54) is 13.8 Å². The highest BCUT2D eigenvalue weighted by molar-refractivity contribution is 8.76. The van der Waals surface area contributed by atoms with Gasteiger partial charge in [-0.25, -0.2) is 0 Å². The predicted octanol–water partition coefficient (Wildman–Crippen LogP) is -0.714. The fourth-order valence-electron chi connectivity index (χ4n) is 7.73. The number of carbonyl (C=O) groups excluding carboxylic acids is 7. The van der Waals surface area contributed by atoms with Crippen molar-refractivity contribution < 1.29 is 58.8 Å². The van der Waals surface area contributed by atoms with Gasteiger partial charge in [-0.05, 0) is 68.8 Å². The van der Waals surface area contributed by atoms with E-state index in [0.717, 1.165) is 45.0 Å². The van der Waals surface area contributed by atoms with E-state index in [-0.39, 0.29) is 43.7 Å². The molecular weight excluding hydrogens is 1010 g/mol. The predicted molar refractivity (Wildman–Crippen MR) is 285 cm³/mol. The Morgan fingerprint density at radius 3 is 1.89 bits per heavy atom. The Hall–Kier alpha value is -6.54. The first-order valence-corrected chi connectivity index (χ1v) is 26.9. The highest BCUT2D eigenvalue weighted by atomic mass is 33.1. The van der Waals surface area contributed by atoms with Gasteiger partial charge in [-0.3, -0.25) is 38.4 Å². The molecule has 75 heavy (non-hydrogen) atoms. The topological polar surface area (TPSA) is 370 Å². The van der Waals surface area contributed by atoms with E-state index in [1.54, 1.807) is 60.8 Å². The third-order valence-corrected chi connectivity index (χ3v) is 14.3. The maximum atomic E-state index is 14.7. The number of fused-ring (bicyclic) bond motifs is 1. The molecule has 16 N–H and O–H groups in total. The Morgan fingerprint density at radius 2 is 1.28 bits per heavy atom. The molecule has 4 aromatic rings. The van der Waals surface area contributed by atoms with E-state index >= 15 is 0 Å². The van der Waals surface area contributed by atoms with Gasteiger partial charge < -0.3 is 74.1 Å². The molecule has 0 radical (unpaired) electrons. The minimum atomic E-state index is -1.66. The third-order valence-electron chi connectivity index (χ3n) is 11.9. The summed E-state index contributed by atoms with van der Waals surface area (Å²) in [4.78, 5) is 112. The summed E-state index contributed by atoms with van der Waals surface area (Å²) in [7, 11) is 2.06. The monoisotopic (exact) mass is 1080 g/mol. The van der Waals surface area contributed by atoms with E-state index in [2.05, 4.69) is 42.2 Å². The average molecular weight is 1080 g/mol. The normalized spacial score (nSPS) is 21.9. The second kappa shape index (κ2) is 31.4. The molecule has 0 bridgehead atoms. The smallest absolute Gasteiger partial charge is 0.300 e. The molecule has 3 aromatic carbocycles. The lowest BCUT2D eigenvalue weighted by Gasteiger charge is -2.29. The Labute approximate surface area is 442 Å². The van der Waals surface area contributed by atoms with Crippen molar-refractivity contribution in [3.8, 4) is 0 Å². The Bertz CT molecular complexity index is 2500. The first kappa shape index (κ1) is 61.0. The van der Waals surface area contributed by atoms with Crippen LogP contribution in [0.3, 0.4) is 0 Å². The maximum absolute atomic E-state index is 14.7. The maximum Gasteiger partial charge on any atom is 0.300 e. The van der Waals surface area contributed by atoms with Crippen molar-refractivity contribution in [2.75, 3.05) is 24.7 Å². The second-order valence-corrected chi connectivity index (χ2v) is 20.5. The fourth-order valence-corrected chi connectivity index (χ4v) is 10.1. The van der Waals surface area contributed by atoms with Crippen LogP contribution < -0.4 is 48.7 Å². The molecule has 1 aliphatic heterocycles. The van der Waals surface area contributed by atoms with Crippen molar-refractivity contribution in [1.29, 1.82) is 0 Å². The minimum Gasteiger partial charge on any atom is -0.481 e. The highest BCUT2D eigenvalue weighted by Gasteiger charge is 2.36. The molecule has 5 rings (SSSR count). The van der Waals surface area contributed by atoms with Crippen LogP contribution >= 0.6 is 21.6 Å². The van der Waals surface area contributed by atoms with Gasteiger partial charge in [0.05, 0.1) is 30.9 Å². The molecule has 1 aromatic heterocycles. The van der Waals surface area contributed by atoms with Crippen LogP contribution in [0.4, 0.5) is 0 Å². The molecule has 2 unspecified atom stereocenters. The SMILES string of the molecule is CC(=O)O.CC(O)[C@@H]1NC(=O)[C@H](CCCCN)NC(=O)[C@@H](Cc2c[nH]c3ccccc23)NC(=O)[C@H](Cc2ccccc2)NC(=O)[C@@H](NC(=O)C(N)Cc2ccccc2)CSSC[C@@H](C(=O)N[C@H](CO)[C@@H](C)O)NC1=O. The number of aliphatic hydroxyl groups excluding tert-OH is 3. The first-order chi connectivity index (χ1) is 35.8. The number of hydrogen-bond acceptors (Lipinski definition) is 15. The molecule has 0 spiro atoms. The molecule has 7 amide bonds. The zero-order valence-electron chi connectivity index (χ0n) is 42.0. The van der Waals surface area contributed by atoms with Crippen LogP contribution in [0.5, 0.6) is 0 Å². The van der Waals surface area contributed by atoms with Gasteiger partial charge in [0.15, 0.2) is 0 Å². The number of aliphatic hydroxyl groups is 3. The Balaban J connectivity index is 0.00000293. The molecular formula is C51H70N10O12S2. The number of aromatic amines is 1. The van der Waals surface area contributed by atoms with Crippen LogP contribution in [0.1, 0.15) is 56.7 Å². The summed E-state index contributed by atoms with van der Waals surface area (Å²) in [6.45, 7) is 3.31. The van der Waals surface area contributed by atoms with Crippen LogP contribution in [0, 0.1) is 0 Å². The lowest BCUT2D eigenvalue weighted by atomic mass is 10.0. The number of H-pyrrole nitrogens is 1. The number of para-hydroxylation sites is 1. The number of carboxylic acid groups (broad SMARTS) is 1. The van der Waals surface area contributed by atoms with E-state index < -0.39 is 114 Å². The minimum absolute atomic E-state index is 0.0340. The first-order valence-electron chi connectivity index (χ1n) is 24.4. The molecule has 24 heteroatoms. The summed E-state index contributed by atoms with van der Waals surface area (Å²) < 4.78 is 0. The molecule has 0 saturated carbocycles. The number of nitrogens with two attached hydrogens (primary N) is 2. The largest absolute Gasteiger partial charge is 0.481 e. The van der Waals surface area contributed by atoms with Crippen molar-refractivity contribution in [3.05, 3.63) is 108 Å². The zero-order valence-corrected chi connectivity index (χ0v) is 43.7. The Kier molecular flexibility index (Phi) is 25.5. The average Bonchev–Trinajstić information content (AvgIpc) is 3.78. The lowest BCUT2D eigenvalue weighted by Crippen LogP contribution is -2.62. The van der Waals surface area contributed by atoms with Crippen LogP contribution in [-0.4, -0.2) is 158 Å². The molecule has 1 fully saturated rings. The van der Waals surface area contributed by atoms with Gasteiger partial charge in [0.25, 0.3) is 5.97 Å². The number of benzene rings is 3. The highest BCUT2D eigenvalue weighted by Crippen LogP contribution is 2.24. The number of amides is 7. The number of unbranched alkanes of at least 4 members (excludes halogenated alkanes) is 1. The van der Waals surface area contributed by atoms with Gasteiger partial charge in [0.1, 0.15) is 36.3 Å². The summed E-state index contributed by atoms with van der Waals surface area (Å²) in [5.74, 6) is -6.84. The third kappa shape index (κ3) is 20.3. The number of rotatable bonds is 17. The number of aliphatic carboxylic acids is 1. The van der Waals surface area contributed by atoms with Gasteiger partial charge in [-0.15, -0.1) is 0 Å². The van der Waals surface area contributed by atoms with Crippen molar-refractivity contribution in [1.82, 2.24) is 42.2 Å². The number of aromatic nitrogens is 1. The summed E-state index contributed by atoms with van der Waals surface area (Å²) in [6, 6.07) is 14.6. The number of nitrogens with one attached hydrogen (secondary N) is 8. The molecule has 22 nitrogen and oxygen atoms in total. The summed E-state index contributed by atoms with van der Waals surface area (Å²) in [5.41, 5.74) is 15.0. The Morgan fingerprint density at radius 1 is 0.720 bits per heavy atom. The van der Waals surface area contributed by atoms with Crippen LogP contribution in [-0.2, 0) is 57.6 Å². The summed E-state index contributed by atoms with van der Waals surface area (Å²) in [6.07, 6.45) is -0.156. The van der Waals surface area contributed by atoms with Crippen molar-refractivity contribution in [2.45, 2.75) is 120 Å². The molecule has 1 saturated heterocycles. The van der Waals surface area contributed by atoms with Crippen LogP contribution in [0.15, 0.2) is 91.1 Å². The van der Waals surface area contributed by atoms with Gasteiger partial charge in [0, 0.05) is 48.4 Å². The fraction of sp³-hybridized carbons (Fsp3) is 0.451. The standard InChI is InChI=1S/C49H66N10O10S2.C2H4O2/c1-28(61)39(25-60)56-48(68)41-27-71-70-26-40(57-43(63)34(51)21-30-13-5-3-6-14-30)47(67)54-37(22-31-15-7-4-8-16-31)45(65)55-38(23-32-24-52-35-18-10-9-17-33(32)35)46(66)53-36(19-11-12-20-50)44(64)59-42(29(2)62)49(69)58-41;1-2(3)4/h3-10,13-18,24,28-29,34,36-42,52,60-62H,11-12,19-23,25-27,50-51H2,1-2H3,(H,53,66)(H,54,67)(H,55,65)(H,56,68)(H,57,63)(H,58,69)(H,59,64);1H3,(H,3,4)/t28-,29?,34?,36+,37+,38-,39-,40+,41+,42+;/m1./s1. The van der Waals surface area contributed by atoms with Crippen molar-refractivity contribution >= 4 is 79.8 Å². The summed E-state index contributed by atoms with van der Waals surface area (Å²) in [5, 5.41) is 57.9. The zero-order chi connectivity index (χ0) is 55.0. The van der Waals surface area contributed by atoms with Gasteiger partial charge in [-0.1, -0.05) is 100 Å². The van der Waals surface area contributed by atoms with Gasteiger partial charge in [-0.2, -0.15) is 0 Å². The van der Waals surface area contributed by atoms with E-state index in [4.69, 9.17) is 21.4 Å². The number of carbonyl (C=O) groups is 8. The lowest BCUT2D eigenvalue weighted by molar-refractivity contribution is -0.136. The van der Waals surface area contributed by atoms with Crippen molar-refractivity contribution in [2.24, 2.45) is 11.5 Å². The number of hydrogen-bond donors (Lipinski definition) is 14. The van der Waals surface area contributed by atoms with E-state index in [0.29, 0.717) is 24.0 Å². The van der Waals surface area contributed by atoms with Crippen LogP contribution in [0.25, 0.3) is 10.9 Å². The molecule has 1 aliphatic rings. The molecule has 10 atom stereocenters. The molecule has 2 heterocycles. The van der Waals surface area contributed by atoms with Gasteiger partial charge >= 0.3 is 0 Å². The van der Waals surface area contributed by atoms with Crippen LogP contribution in [0.2, 0.25) is 0 Å². The van der Waals surface area contributed by atoms with E-state index in [1.807, 2.05) is 30.3 Å². The molecule has 0 aliphatic carbocycles. The van der Waals surface area contributed by atoms with E-state index in [9.17, 15) is 48.9 Å². The summed E-state index contributed by atoms with van der Waals surface area (Å²) >= 11 is 0. The van der Waals surface area contributed by atoms with Crippen molar-refractivity contribution in [3.63, 3.8) is 0 Å².